The van der Waals surface area contributed by atoms with Crippen LogP contribution in [0.5, 0.6) is 0 Å². The molecular weight excluding hydrogens is 364 g/mol. The van der Waals surface area contributed by atoms with Crippen molar-refractivity contribution >= 4 is 22.5 Å². The molecule has 0 atom stereocenters. The molecule has 0 aliphatic carbocycles. The number of aromatic nitrogens is 2. The molecule has 0 aliphatic heterocycles. The van der Waals surface area contributed by atoms with Crippen molar-refractivity contribution in [3.63, 3.8) is 0 Å². The van der Waals surface area contributed by atoms with Crippen molar-refractivity contribution in [1.29, 1.82) is 0 Å². The third-order valence-corrected chi connectivity index (χ3v) is 4.25. The third kappa shape index (κ3) is 3.59. The Labute approximate surface area is 159 Å². The Morgan fingerprint density at radius 1 is 1.00 bits per heavy atom. The zero-order chi connectivity index (χ0) is 19.5. The monoisotopic (exact) mass is 379 g/mol. The highest BCUT2D eigenvalue weighted by Gasteiger charge is 2.16. The van der Waals surface area contributed by atoms with Gasteiger partial charge in [0.1, 0.15) is 11.6 Å². The maximum absolute atomic E-state index is 13.8. The number of pyridine rings is 1. The Morgan fingerprint density at radius 2 is 1.79 bits per heavy atom. The number of rotatable bonds is 5. The highest BCUT2D eigenvalue weighted by molar-refractivity contribution is 6.00. The molecule has 1 N–H and O–H groups in total. The number of nitrogens with zero attached hydrogens (tertiary/aromatic N) is 2. The number of oxazole rings is 1. The molecule has 0 aliphatic rings. The molecule has 5 nitrogen and oxygen atoms in total. The summed E-state index contributed by atoms with van der Waals surface area (Å²) in [6, 6.07) is 12.7. The second-order valence-electron chi connectivity index (χ2n) is 6.14. The number of anilines is 1. The van der Waals surface area contributed by atoms with Crippen LogP contribution in [0.25, 0.3) is 22.2 Å². The predicted molar refractivity (Wildman–Crippen MR) is 101 cm³/mol. The van der Waals surface area contributed by atoms with Gasteiger partial charge in [0.25, 0.3) is 0 Å². The van der Waals surface area contributed by atoms with E-state index in [4.69, 9.17) is 4.42 Å². The van der Waals surface area contributed by atoms with Crippen molar-refractivity contribution in [2.75, 3.05) is 5.32 Å². The van der Waals surface area contributed by atoms with E-state index in [1.54, 1.807) is 18.3 Å². The van der Waals surface area contributed by atoms with Gasteiger partial charge in [0, 0.05) is 24.4 Å². The second-order valence-corrected chi connectivity index (χ2v) is 6.14. The predicted octanol–water partition coefficient (Wildman–Crippen LogP) is 4.74. The van der Waals surface area contributed by atoms with Crippen LogP contribution in [0.15, 0.2) is 65.3 Å². The lowest BCUT2D eigenvalue weighted by Gasteiger charge is -2.07. The SMILES string of the molecule is O=C(CCc1ncc(-c2c(F)cccc2F)o1)Nc1cccc2ncccc12. The number of nitrogens with one attached hydrogen (secondary N) is 1. The first kappa shape index (κ1) is 17.8. The summed E-state index contributed by atoms with van der Waals surface area (Å²) in [6.45, 7) is 0. The Balaban J connectivity index is 1.44. The van der Waals surface area contributed by atoms with Gasteiger partial charge < -0.3 is 9.73 Å². The number of carbonyl (C=O) groups excluding carboxylic acids is 1. The lowest BCUT2D eigenvalue weighted by atomic mass is 10.1. The first-order chi connectivity index (χ1) is 13.6. The molecule has 2 aromatic heterocycles. The van der Waals surface area contributed by atoms with Crippen molar-refractivity contribution in [3.8, 4) is 11.3 Å². The van der Waals surface area contributed by atoms with E-state index in [1.165, 1.54) is 12.3 Å². The van der Waals surface area contributed by atoms with Crippen LogP contribution in [0.4, 0.5) is 14.5 Å². The Hall–Kier alpha value is -3.61. The molecule has 0 bridgehead atoms. The van der Waals surface area contributed by atoms with Gasteiger partial charge in [-0.25, -0.2) is 13.8 Å². The van der Waals surface area contributed by atoms with Crippen molar-refractivity contribution in [3.05, 3.63) is 78.4 Å². The number of halogens is 2. The number of amides is 1. The van der Waals surface area contributed by atoms with Gasteiger partial charge in [0.2, 0.25) is 5.91 Å². The van der Waals surface area contributed by atoms with Gasteiger partial charge in [-0.3, -0.25) is 9.78 Å². The van der Waals surface area contributed by atoms with Crippen molar-refractivity contribution in [2.24, 2.45) is 0 Å². The first-order valence-corrected chi connectivity index (χ1v) is 8.64. The molecule has 1 amide bonds. The molecule has 0 saturated carbocycles. The molecular formula is C21H15F2N3O2. The quantitative estimate of drug-likeness (QED) is 0.544. The van der Waals surface area contributed by atoms with Gasteiger partial charge in [-0.05, 0) is 36.4 Å². The molecule has 0 saturated heterocycles. The molecule has 0 unspecified atom stereocenters. The summed E-state index contributed by atoms with van der Waals surface area (Å²) in [4.78, 5) is 20.6. The number of hydrogen-bond donors (Lipinski definition) is 1. The molecule has 4 aromatic rings. The van der Waals surface area contributed by atoms with Crippen LogP contribution in [0.2, 0.25) is 0 Å². The molecule has 140 valence electrons. The molecule has 4 rings (SSSR count). The second kappa shape index (κ2) is 7.56. The third-order valence-electron chi connectivity index (χ3n) is 4.25. The van der Waals surface area contributed by atoms with E-state index in [2.05, 4.69) is 15.3 Å². The Bertz CT molecular complexity index is 1130. The van der Waals surface area contributed by atoms with Crippen LogP contribution >= 0.6 is 0 Å². The smallest absolute Gasteiger partial charge is 0.224 e. The van der Waals surface area contributed by atoms with E-state index < -0.39 is 11.6 Å². The zero-order valence-electron chi connectivity index (χ0n) is 14.7. The van der Waals surface area contributed by atoms with E-state index in [9.17, 15) is 13.6 Å². The minimum absolute atomic E-state index is 0.00821. The van der Waals surface area contributed by atoms with Crippen molar-refractivity contribution in [2.45, 2.75) is 12.8 Å². The fourth-order valence-electron chi connectivity index (χ4n) is 2.92. The molecule has 0 radical (unpaired) electrons. The molecule has 2 aromatic carbocycles. The van der Waals surface area contributed by atoms with Gasteiger partial charge in [0.15, 0.2) is 11.7 Å². The van der Waals surface area contributed by atoms with E-state index >= 15 is 0 Å². The van der Waals surface area contributed by atoms with Gasteiger partial charge >= 0.3 is 0 Å². The zero-order valence-corrected chi connectivity index (χ0v) is 14.7. The van der Waals surface area contributed by atoms with Crippen LogP contribution < -0.4 is 5.32 Å². The lowest BCUT2D eigenvalue weighted by Crippen LogP contribution is -2.12. The fraction of sp³-hybridized carbons (Fsp3) is 0.0952. The first-order valence-electron chi connectivity index (χ1n) is 8.64. The Morgan fingerprint density at radius 3 is 2.61 bits per heavy atom. The topological polar surface area (TPSA) is 68.0 Å². The molecule has 2 heterocycles. The van der Waals surface area contributed by atoms with Crippen LogP contribution in [0.3, 0.4) is 0 Å². The maximum Gasteiger partial charge on any atom is 0.224 e. The number of aryl methyl sites for hydroxylation is 1. The highest BCUT2D eigenvalue weighted by atomic mass is 19.1. The minimum Gasteiger partial charge on any atom is -0.441 e. The average molecular weight is 379 g/mol. The van der Waals surface area contributed by atoms with Gasteiger partial charge in [-0.2, -0.15) is 0 Å². The van der Waals surface area contributed by atoms with Gasteiger partial charge in [0.05, 0.1) is 23.0 Å². The van der Waals surface area contributed by atoms with E-state index in [1.807, 2.05) is 18.2 Å². The standard InChI is InChI=1S/C21H15F2N3O2/c22-14-5-1-6-15(23)21(14)18-12-25-20(28-18)10-9-19(27)26-17-8-2-7-16-13(17)4-3-11-24-16/h1-8,11-12H,9-10H2,(H,26,27). The van der Waals surface area contributed by atoms with Crippen LogP contribution in [0.1, 0.15) is 12.3 Å². The lowest BCUT2D eigenvalue weighted by molar-refractivity contribution is -0.116. The molecule has 0 spiro atoms. The average Bonchev–Trinajstić information content (AvgIpc) is 3.15. The van der Waals surface area contributed by atoms with Crippen molar-refractivity contribution in [1.82, 2.24) is 9.97 Å². The summed E-state index contributed by atoms with van der Waals surface area (Å²) in [6.07, 6.45) is 3.25. The summed E-state index contributed by atoms with van der Waals surface area (Å²) >= 11 is 0. The number of carbonyl (C=O) groups is 1. The number of benzene rings is 2. The minimum atomic E-state index is -0.731. The summed E-state index contributed by atoms with van der Waals surface area (Å²) < 4.78 is 33.1. The summed E-state index contributed by atoms with van der Waals surface area (Å²) in [5.41, 5.74) is 1.18. The number of fused-ring (bicyclic) bond motifs is 1. The maximum atomic E-state index is 13.8. The highest BCUT2D eigenvalue weighted by Crippen LogP contribution is 2.27. The van der Waals surface area contributed by atoms with E-state index in [0.29, 0.717) is 5.69 Å². The molecule has 28 heavy (non-hydrogen) atoms. The molecule has 0 fully saturated rings. The van der Waals surface area contributed by atoms with Gasteiger partial charge in [-0.1, -0.05) is 12.1 Å². The van der Waals surface area contributed by atoms with Crippen LogP contribution in [-0.2, 0) is 11.2 Å². The van der Waals surface area contributed by atoms with Crippen LogP contribution in [0, 0.1) is 11.6 Å². The normalized spacial score (nSPS) is 10.9. The fourth-order valence-corrected chi connectivity index (χ4v) is 2.92. The van der Waals surface area contributed by atoms with Crippen molar-refractivity contribution < 1.29 is 18.0 Å². The summed E-state index contributed by atoms with van der Waals surface area (Å²) in [5, 5.41) is 3.68. The van der Waals surface area contributed by atoms with E-state index in [0.717, 1.165) is 23.0 Å². The Kier molecular flexibility index (Phi) is 4.80. The number of hydrogen-bond acceptors (Lipinski definition) is 4. The summed E-state index contributed by atoms with van der Waals surface area (Å²) in [7, 11) is 0. The van der Waals surface area contributed by atoms with Crippen LogP contribution in [-0.4, -0.2) is 15.9 Å². The van der Waals surface area contributed by atoms with E-state index in [-0.39, 0.29) is 36.0 Å². The largest absolute Gasteiger partial charge is 0.441 e. The van der Waals surface area contributed by atoms with Gasteiger partial charge in [-0.15, -0.1) is 0 Å². The molecule has 7 heteroatoms. The summed E-state index contributed by atoms with van der Waals surface area (Å²) in [5.74, 6) is -1.47.